The summed E-state index contributed by atoms with van der Waals surface area (Å²) >= 11 is 7.54. The number of benzene rings is 2. The van der Waals surface area contributed by atoms with Crippen LogP contribution in [0.15, 0.2) is 67.0 Å². The lowest BCUT2D eigenvalue weighted by atomic mass is 10.2. The minimum atomic E-state index is -0.184. The lowest BCUT2D eigenvalue weighted by molar-refractivity contribution is 0.103. The van der Waals surface area contributed by atoms with E-state index < -0.39 is 0 Å². The van der Waals surface area contributed by atoms with E-state index in [4.69, 9.17) is 16.3 Å². The molecule has 0 saturated heterocycles. The summed E-state index contributed by atoms with van der Waals surface area (Å²) in [5.74, 6) is 0.409. The maximum atomic E-state index is 13.0. The number of halogens is 1. The fraction of sp³-hybridized carbons (Fsp3) is 0.0833. The highest BCUT2D eigenvalue weighted by Gasteiger charge is 2.18. The smallest absolute Gasteiger partial charge is 0.321 e. The Balaban J connectivity index is 1.39. The number of amides is 1. The lowest BCUT2D eigenvalue weighted by Crippen LogP contribution is -2.11. The first kappa shape index (κ1) is 21.1. The number of ether oxygens (including phenoxy) is 1. The molecule has 9 heteroatoms. The van der Waals surface area contributed by atoms with Crippen molar-refractivity contribution < 1.29 is 9.53 Å². The third kappa shape index (κ3) is 4.30. The molecule has 0 radical (unpaired) electrons. The molecule has 0 atom stereocenters. The van der Waals surface area contributed by atoms with Crippen LogP contribution in [0.4, 0.5) is 5.69 Å². The van der Waals surface area contributed by atoms with Gasteiger partial charge in [0, 0.05) is 28.5 Å². The van der Waals surface area contributed by atoms with Crippen LogP contribution >= 0.6 is 22.9 Å². The molecule has 0 aliphatic carbocycles. The van der Waals surface area contributed by atoms with Crippen LogP contribution in [0.2, 0.25) is 5.02 Å². The summed E-state index contributed by atoms with van der Waals surface area (Å²) in [6.07, 6.45) is 3.23. The predicted molar refractivity (Wildman–Crippen MR) is 130 cm³/mol. The number of fused-ring (bicyclic) bond motifs is 1. The summed E-state index contributed by atoms with van der Waals surface area (Å²) in [7, 11) is 0. The number of thiophene rings is 1. The Labute approximate surface area is 198 Å². The summed E-state index contributed by atoms with van der Waals surface area (Å²) in [5, 5.41) is 9.17. The van der Waals surface area contributed by atoms with Gasteiger partial charge in [-0.15, -0.1) is 11.3 Å². The molecule has 0 fully saturated rings. The summed E-state index contributed by atoms with van der Waals surface area (Å²) in [4.78, 5) is 22.6. The molecular formula is C24H18ClN5O2S. The van der Waals surface area contributed by atoms with E-state index in [1.165, 1.54) is 11.3 Å². The number of nitrogens with zero attached hydrogens (tertiary/aromatic N) is 4. The largest absolute Gasteiger partial charge is 0.424 e. The van der Waals surface area contributed by atoms with Crippen LogP contribution in [-0.2, 0) is 0 Å². The molecule has 2 aromatic carbocycles. The molecule has 0 saturated carbocycles. The van der Waals surface area contributed by atoms with Gasteiger partial charge in [-0.25, -0.2) is 14.6 Å². The van der Waals surface area contributed by atoms with Crippen molar-refractivity contribution in [1.82, 2.24) is 19.7 Å². The fourth-order valence-corrected chi connectivity index (χ4v) is 4.67. The Hall–Kier alpha value is -3.75. The maximum absolute atomic E-state index is 13.0. The van der Waals surface area contributed by atoms with E-state index in [0.717, 1.165) is 27.2 Å². The van der Waals surface area contributed by atoms with E-state index in [2.05, 4.69) is 20.4 Å². The van der Waals surface area contributed by atoms with Crippen molar-refractivity contribution in [2.75, 3.05) is 5.32 Å². The second-order valence-electron chi connectivity index (χ2n) is 7.37. The van der Waals surface area contributed by atoms with Gasteiger partial charge in [-0.3, -0.25) is 4.79 Å². The normalized spacial score (nSPS) is 11.0. The van der Waals surface area contributed by atoms with Gasteiger partial charge < -0.3 is 10.1 Å². The standard InChI is InChI=1S/C24H18ClN5O2S/c1-14-11-18(32-24-26-9-4-10-27-24)7-8-20(14)28-22(31)21-13-19-15(2)29-30(23(19)33-21)17-6-3-5-16(25)12-17/h3-13H,1-2H3,(H,28,31). The van der Waals surface area contributed by atoms with Crippen LogP contribution in [0, 0.1) is 13.8 Å². The molecule has 1 amide bonds. The van der Waals surface area contributed by atoms with Gasteiger partial charge in [-0.1, -0.05) is 17.7 Å². The first-order valence-corrected chi connectivity index (χ1v) is 11.3. The molecule has 1 N–H and O–H groups in total. The Morgan fingerprint density at radius 1 is 1.06 bits per heavy atom. The van der Waals surface area contributed by atoms with Gasteiger partial charge in [0.2, 0.25) is 0 Å². The molecule has 7 nitrogen and oxygen atoms in total. The number of carbonyl (C=O) groups is 1. The Bertz CT molecular complexity index is 1480. The summed E-state index contributed by atoms with van der Waals surface area (Å²) in [6.45, 7) is 3.83. The van der Waals surface area contributed by atoms with Crippen molar-refractivity contribution in [2.24, 2.45) is 0 Å². The number of hydrogen-bond donors (Lipinski definition) is 1. The number of rotatable bonds is 5. The fourth-order valence-electron chi connectivity index (χ4n) is 3.41. The maximum Gasteiger partial charge on any atom is 0.321 e. The minimum Gasteiger partial charge on any atom is -0.424 e. The highest BCUT2D eigenvalue weighted by atomic mass is 35.5. The Morgan fingerprint density at radius 2 is 1.88 bits per heavy atom. The number of carbonyl (C=O) groups excluding carboxylic acids is 1. The van der Waals surface area contributed by atoms with E-state index in [9.17, 15) is 4.79 Å². The molecule has 0 spiro atoms. The zero-order chi connectivity index (χ0) is 22.9. The van der Waals surface area contributed by atoms with Crippen molar-refractivity contribution in [3.05, 3.63) is 88.1 Å². The summed E-state index contributed by atoms with van der Waals surface area (Å²) in [5.41, 5.74) is 3.26. The van der Waals surface area contributed by atoms with Crippen LogP contribution < -0.4 is 10.1 Å². The lowest BCUT2D eigenvalue weighted by Gasteiger charge is -2.10. The SMILES string of the molecule is Cc1cc(Oc2ncccn2)ccc1NC(=O)c1cc2c(C)nn(-c3cccc(Cl)c3)c2s1. The third-order valence-corrected chi connectivity index (χ3v) is 6.36. The predicted octanol–water partition coefficient (Wildman–Crippen LogP) is 6.19. The Morgan fingerprint density at radius 3 is 2.64 bits per heavy atom. The van der Waals surface area contributed by atoms with Gasteiger partial charge in [0.05, 0.1) is 16.3 Å². The van der Waals surface area contributed by atoms with Gasteiger partial charge in [0.15, 0.2) is 0 Å². The van der Waals surface area contributed by atoms with E-state index in [1.807, 2.05) is 54.9 Å². The van der Waals surface area contributed by atoms with Crippen LogP contribution in [0.1, 0.15) is 20.9 Å². The monoisotopic (exact) mass is 475 g/mol. The molecule has 33 heavy (non-hydrogen) atoms. The van der Waals surface area contributed by atoms with Crippen molar-refractivity contribution in [1.29, 1.82) is 0 Å². The molecule has 0 aliphatic rings. The average Bonchev–Trinajstić information content (AvgIpc) is 3.37. The van der Waals surface area contributed by atoms with Crippen LogP contribution in [-0.4, -0.2) is 25.7 Å². The summed E-state index contributed by atoms with van der Waals surface area (Å²) in [6, 6.07) is 16.7. The van der Waals surface area contributed by atoms with Crippen LogP contribution in [0.5, 0.6) is 11.8 Å². The first-order chi connectivity index (χ1) is 16.0. The van der Waals surface area contributed by atoms with Gasteiger partial charge in [0.25, 0.3) is 5.91 Å². The topological polar surface area (TPSA) is 81.9 Å². The average molecular weight is 476 g/mol. The van der Waals surface area contributed by atoms with Crippen molar-refractivity contribution in [3.8, 4) is 17.4 Å². The molecule has 0 aliphatic heterocycles. The first-order valence-electron chi connectivity index (χ1n) is 10.1. The molecule has 0 unspecified atom stereocenters. The van der Waals surface area contributed by atoms with Gasteiger partial charge in [0.1, 0.15) is 10.6 Å². The zero-order valence-corrected chi connectivity index (χ0v) is 19.3. The second-order valence-corrected chi connectivity index (χ2v) is 8.84. The molecule has 3 heterocycles. The van der Waals surface area contributed by atoms with Crippen molar-refractivity contribution in [2.45, 2.75) is 13.8 Å². The second kappa shape index (κ2) is 8.65. The molecule has 3 aromatic heterocycles. The van der Waals surface area contributed by atoms with E-state index in [0.29, 0.717) is 21.3 Å². The third-order valence-electron chi connectivity index (χ3n) is 5.02. The molecule has 164 valence electrons. The number of aromatic nitrogens is 4. The molecular weight excluding hydrogens is 458 g/mol. The van der Waals surface area contributed by atoms with Crippen molar-refractivity contribution >= 4 is 44.7 Å². The number of aryl methyl sites for hydroxylation is 2. The van der Waals surface area contributed by atoms with Crippen LogP contribution in [0.25, 0.3) is 15.9 Å². The van der Waals surface area contributed by atoms with Gasteiger partial charge >= 0.3 is 6.01 Å². The van der Waals surface area contributed by atoms with Crippen LogP contribution in [0.3, 0.4) is 0 Å². The number of anilines is 1. The summed E-state index contributed by atoms with van der Waals surface area (Å²) < 4.78 is 7.48. The van der Waals surface area contributed by atoms with E-state index >= 15 is 0 Å². The highest BCUT2D eigenvalue weighted by Crippen LogP contribution is 2.32. The van der Waals surface area contributed by atoms with E-state index in [-0.39, 0.29) is 11.9 Å². The highest BCUT2D eigenvalue weighted by molar-refractivity contribution is 7.20. The van der Waals surface area contributed by atoms with Gasteiger partial charge in [-0.05, 0) is 67.9 Å². The van der Waals surface area contributed by atoms with E-state index in [1.54, 1.807) is 30.6 Å². The Kier molecular flexibility index (Phi) is 5.53. The minimum absolute atomic E-state index is 0.184. The number of nitrogens with one attached hydrogen (secondary N) is 1. The molecule has 5 rings (SSSR count). The molecule has 0 bridgehead atoms. The van der Waals surface area contributed by atoms with Gasteiger partial charge in [-0.2, -0.15) is 5.10 Å². The quantitative estimate of drug-likeness (QED) is 0.327. The van der Waals surface area contributed by atoms with Crippen molar-refractivity contribution in [3.63, 3.8) is 0 Å². The number of hydrogen-bond acceptors (Lipinski definition) is 6. The zero-order valence-electron chi connectivity index (χ0n) is 17.7. The molecule has 5 aromatic rings.